The van der Waals surface area contributed by atoms with Gasteiger partial charge in [-0.2, -0.15) is 0 Å². The molecule has 0 aliphatic carbocycles. The van der Waals surface area contributed by atoms with E-state index in [1.807, 2.05) is 6.92 Å². The summed E-state index contributed by atoms with van der Waals surface area (Å²) in [7, 11) is 0. The minimum atomic E-state index is 0.150. The highest BCUT2D eigenvalue weighted by atomic mass is 14.6. The summed E-state index contributed by atoms with van der Waals surface area (Å²) in [5.41, 5.74) is 8.54. The molecule has 1 heteroatoms. The van der Waals surface area contributed by atoms with E-state index in [0.29, 0.717) is 0 Å². The summed E-state index contributed by atoms with van der Waals surface area (Å²) in [5.74, 6) is 0. The maximum atomic E-state index is 5.85. The third-order valence-corrected chi connectivity index (χ3v) is 3.82. The molecule has 0 fully saturated rings. The molecule has 1 rings (SSSR count). The number of hydrogen-bond acceptors (Lipinski definition) is 1. The Kier molecular flexibility index (Phi) is 8.57. The zero-order valence-corrected chi connectivity index (χ0v) is 12.8. The molecule has 1 unspecified atom stereocenters. The van der Waals surface area contributed by atoms with Crippen molar-refractivity contribution in [2.24, 2.45) is 5.73 Å². The lowest BCUT2D eigenvalue weighted by atomic mass is 10.0. The lowest BCUT2D eigenvalue weighted by Crippen LogP contribution is -2.04. The Hall–Kier alpha value is -0.820. The van der Waals surface area contributed by atoms with E-state index in [2.05, 4.69) is 31.2 Å². The van der Waals surface area contributed by atoms with Crippen molar-refractivity contribution in [2.75, 3.05) is 0 Å². The first kappa shape index (κ1) is 16.2. The quantitative estimate of drug-likeness (QED) is 0.561. The highest BCUT2D eigenvalue weighted by Crippen LogP contribution is 2.14. The first-order valence-electron chi connectivity index (χ1n) is 8.08. The fraction of sp³-hybridized carbons (Fsp3) is 0.667. The first-order chi connectivity index (χ1) is 9.24. The Morgan fingerprint density at radius 2 is 1.37 bits per heavy atom. The van der Waals surface area contributed by atoms with Gasteiger partial charge in [0.15, 0.2) is 0 Å². The second-order valence-corrected chi connectivity index (χ2v) is 5.76. The number of nitrogens with two attached hydrogens (primary N) is 1. The molecule has 0 saturated heterocycles. The summed E-state index contributed by atoms with van der Waals surface area (Å²) in [6.07, 6.45) is 12.3. The molecule has 108 valence electrons. The molecule has 0 aliphatic heterocycles. The lowest BCUT2D eigenvalue weighted by Gasteiger charge is -2.07. The van der Waals surface area contributed by atoms with Crippen molar-refractivity contribution in [2.45, 2.75) is 77.7 Å². The van der Waals surface area contributed by atoms with Gasteiger partial charge in [-0.25, -0.2) is 0 Å². The largest absolute Gasteiger partial charge is 0.324 e. The van der Waals surface area contributed by atoms with Gasteiger partial charge in [-0.1, -0.05) is 76.1 Å². The van der Waals surface area contributed by atoms with Crippen LogP contribution in [-0.2, 0) is 6.42 Å². The van der Waals surface area contributed by atoms with E-state index >= 15 is 0 Å². The number of hydrogen-bond donors (Lipinski definition) is 1. The van der Waals surface area contributed by atoms with Crippen molar-refractivity contribution in [3.05, 3.63) is 35.4 Å². The van der Waals surface area contributed by atoms with Crippen molar-refractivity contribution in [3.63, 3.8) is 0 Å². The van der Waals surface area contributed by atoms with Gasteiger partial charge in [-0.15, -0.1) is 0 Å². The van der Waals surface area contributed by atoms with E-state index < -0.39 is 0 Å². The van der Waals surface area contributed by atoms with Gasteiger partial charge >= 0.3 is 0 Å². The predicted molar refractivity (Wildman–Crippen MR) is 85.4 cm³/mol. The van der Waals surface area contributed by atoms with Crippen molar-refractivity contribution in [1.29, 1.82) is 0 Å². The van der Waals surface area contributed by atoms with Crippen LogP contribution in [0, 0.1) is 0 Å². The normalized spacial score (nSPS) is 12.6. The van der Waals surface area contributed by atoms with Crippen molar-refractivity contribution in [3.8, 4) is 0 Å². The first-order valence-corrected chi connectivity index (χ1v) is 8.08. The average molecular weight is 261 g/mol. The number of unbranched alkanes of at least 4 members (excludes halogenated alkanes) is 7. The van der Waals surface area contributed by atoms with Crippen molar-refractivity contribution >= 4 is 0 Å². The van der Waals surface area contributed by atoms with Crippen LogP contribution < -0.4 is 5.73 Å². The van der Waals surface area contributed by atoms with E-state index in [1.54, 1.807) is 0 Å². The maximum Gasteiger partial charge on any atom is 0.0266 e. The average Bonchev–Trinajstić information content (AvgIpc) is 2.42. The SMILES string of the molecule is CCCCCCCCCCc1ccc(C(C)N)cc1. The van der Waals surface area contributed by atoms with Gasteiger partial charge in [-0.3, -0.25) is 0 Å². The fourth-order valence-corrected chi connectivity index (χ4v) is 2.45. The van der Waals surface area contributed by atoms with Gasteiger partial charge < -0.3 is 5.73 Å². The molecule has 0 aromatic heterocycles. The molecule has 1 aromatic carbocycles. The third-order valence-electron chi connectivity index (χ3n) is 3.82. The molecule has 1 aromatic rings. The Balaban J connectivity index is 2.06. The predicted octanol–water partition coefficient (Wildman–Crippen LogP) is 5.39. The lowest BCUT2D eigenvalue weighted by molar-refractivity contribution is 0.575. The van der Waals surface area contributed by atoms with Gasteiger partial charge in [0.2, 0.25) is 0 Å². The summed E-state index contributed by atoms with van der Waals surface area (Å²) in [4.78, 5) is 0. The van der Waals surface area contributed by atoms with Gasteiger partial charge in [-0.05, 0) is 30.9 Å². The van der Waals surface area contributed by atoms with Gasteiger partial charge in [0.25, 0.3) is 0 Å². The van der Waals surface area contributed by atoms with Crippen LogP contribution in [-0.4, -0.2) is 0 Å². The van der Waals surface area contributed by atoms with E-state index in [0.717, 1.165) is 0 Å². The highest BCUT2D eigenvalue weighted by molar-refractivity contribution is 5.24. The zero-order valence-electron chi connectivity index (χ0n) is 12.8. The molecule has 0 amide bonds. The van der Waals surface area contributed by atoms with Gasteiger partial charge in [0.05, 0.1) is 0 Å². The van der Waals surface area contributed by atoms with E-state index in [-0.39, 0.29) is 6.04 Å². The highest BCUT2D eigenvalue weighted by Gasteiger charge is 1.99. The smallest absolute Gasteiger partial charge is 0.0266 e. The van der Waals surface area contributed by atoms with Crippen LogP contribution >= 0.6 is 0 Å². The minimum Gasteiger partial charge on any atom is -0.324 e. The van der Waals surface area contributed by atoms with E-state index in [9.17, 15) is 0 Å². The molecule has 0 radical (unpaired) electrons. The van der Waals surface area contributed by atoms with Gasteiger partial charge in [0, 0.05) is 6.04 Å². The van der Waals surface area contributed by atoms with Gasteiger partial charge in [0.1, 0.15) is 0 Å². The van der Waals surface area contributed by atoms with Crippen LogP contribution in [0.1, 0.15) is 82.4 Å². The fourth-order valence-electron chi connectivity index (χ4n) is 2.45. The third kappa shape index (κ3) is 7.37. The molecular formula is C18H31N. The summed E-state index contributed by atoms with van der Waals surface area (Å²) in [6.45, 7) is 4.31. The van der Waals surface area contributed by atoms with Crippen molar-refractivity contribution in [1.82, 2.24) is 0 Å². The standard InChI is InChI=1S/C18H31N/c1-3-4-5-6-7-8-9-10-11-17-12-14-18(15-13-17)16(2)19/h12-16H,3-11,19H2,1-2H3. The molecule has 0 saturated carbocycles. The number of benzene rings is 1. The molecule has 1 atom stereocenters. The molecule has 0 heterocycles. The number of rotatable bonds is 10. The second kappa shape index (κ2) is 10.0. The molecule has 1 nitrogen and oxygen atoms in total. The summed E-state index contributed by atoms with van der Waals surface area (Å²) >= 11 is 0. The van der Waals surface area contributed by atoms with Crippen LogP contribution in [0.15, 0.2) is 24.3 Å². The molecular weight excluding hydrogens is 230 g/mol. The summed E-state index contributed by atoms with van der Waals surface area (Å²) in [5, 5.41) is 0. The molecule has 0 bridgehead atoms. The van der Waals surface area contributed by atoms with E-state index in [4.69, 9.17) is 5.73 Å². The second-order valence-electron chi connectivity index (χ2n) is 5.76. The zero-order chi connectivity index (χ0) is 13.9. The topological polar surface area (TPSA) is 26.0 Å². The Bertz CT molecular complexity index is 313. The molecule has 2 N–H and O–H groups in total. The maximum absolute atomic E-state index is 5.85. The minimum absolute atomic E-state index is 0.150. The molecule has 19 heavy (non-hydrogen) atoms. The Morgan fingerprint density at radius 3 is 1.89 bits per heavy atom. The van der Waals surface area contributed by atoms with Crippen molar-refractivity contribution < 1.29 is 0 Å². The summed E-state index contributed by atoms with van der Waals surface area (Å²) < 4.78 is 0. The Morgan fingerprint density at radius 1 is 0.842 bits per heavy atom. The Labute approximate surface area is 119 Å². The van der Waals surface area contributed by atoms with Crippen LogP contribution in [0.5, 0.6) is 0 Å². The monoisotopic (exact) mass is 261 g/mol. The number of aryl methyl sites for hydroxylation is 1. The van der Waals surface area contributed by atoms with E-state index in [1.165, 1.54) is 68.9 Å². The summed E-state index contributed by atoms with van der Waals surface area (Å²) in [6, 6.07) is 8.97. The molecule has 0 aliphatic rings. The van der Waals surface area contributed by atoms with Crippen LogP contribution in [0.25, 0.3) is 0 Å². The van der Waals surface area contributed by atoms with Crippen LogP contribution in [0.3, 0.4) is 0 Å². The molecule has 0 spiro atoms. The van der Waals surface area contributed by atoms with Crippen LogP contribution in [0.2, 0.25) is 0 Å². The van der Waals surface area contributed by atoms with Crippen LogP contribution in [0.4, 0.5) is 0 Å².